The van der Waals surface area contributed by atoms with Gasteiger partial charge in [0.05, 0.1) is 0 Å². The van der Waals surface area contributed by atoms with Gasteiger partial charge in [-0.25, -0.2) is 4.98 Å². The van der Waals surface area contributed by atoms with Gasteiger partial charge in [-0.3, -0.25) is 0 Å². The first-order valence-corrected chi connectivity index (χ1v) is 5.15. The molecule has 0 spiro atoms. The lowest BCUT2D eigenvalue weighted by Crippen LogP contribution is -1.94. The first-order valence-electron chi connectivity index (χ1n) is 4.33. The SMILES string of the molecule is Cc1nnc(Sc2cccc(F)n2)n1C. The van der Waals surface area contributed by atoms with E-state index in [9.17, 15) is 4.39 Å². The van der Waals surface area contributed by atoms with Crippen LogP contribution >= 0.6 is 11.8 Å². The van der Waals surface area contributed by atoms with E-state index in [1.165, 1.54) is 17.8 Å². The zero-order chi connectivity index (χ0) is 10.8. The van der Waals surface area contributed by atoms with E-state index in [1.807, 2.05) is 18.5 Å². The van der Waals surface area contributed by atoms with Gasteiger partial charge in [-0.15, -0.1) is 10.2 Å². The second-order valence-corrected chi connectivity index (χ2v) is 3.98. The predicted molar refractivity (Wildman–Crippen MR) is 54.1 cm³/mol. The van der Waals surface area contributed by atoms with E-state index < -0.39 is 5.95 Å². The summed E-state index contributed by atoms with van der Waals surface area (Å²) in [7, 11) is 1.86. The topological polar surface area (TPSA) is 43.6 Å². The van der Waals surface area contributed by atoms with Crippen LogP contribution in [-0.4, -0.2) is 19.7 Å². The zero-order valence-electron chi connectivity index (χ0n) is 8.31. The number of hydrogen-bond donors (Lipinski definition) is 0. The van der Waals surface area contributed by atoms with Gasteiger partial charge in [0.2, 0.25) is 5.95 Å². The van der Waals surface area contributed by atoms with Crippen molar-refractivity contribution >= 4 is 11.8 Å². The van der Waals surface area contributed by atoms with Crippen LogP contribution in [0.3, 0.4) is 0 Å². The molecule has 0 saturated carbocycles. The lowest BCUT2D eigenvalue weighted by Gasteiger charge is -2.00. The van der Waals surface area contributed by atoms with Crippen molar-refractivity contribution in [3.05, 3.63) is 30.0 Å². The molecular weight excluding hydrogens is 215 g/mol. The fourth-order valence-corrected chi connectivity index (χ4v) is 1.83. The minimum atomic E-state index is -0.487. The summed E-state index contributed by atoms with van der Waals surface area (Å²) in [5.74, 6) is 0.327. The largest absolute Gasteiger partial charge is 0.309 e. The number of hydrogen-bond acceptors (Lipinski definition) is 4. The summed E-state index contributed by atoms with van der Waals surface area (Å²) in [5, 5.41) is 9.13. The van der Waals surface area contributed by atoms with Crippen LogP contribution in [-0.2, 0) is 7.05 Å². The molecule has 2 aromatic heterocycles. The lowest BCUT2D eigenvalue weighted by molar-refractivity contribution is 0.572. The molecule has 2 rings (SSSR count). The molecule has 0 radical (unpaired) electrons. The van der Waals surface area contributed by atoms with Crippen molar-refractivity contribution in [2.24, 2.45) is 7.05 Å². The Morgan fingerprint density at radius 2 is 2.13 bits per heavy atom. The molecule has 2 heterocycles. The third-order valence-electron chi connectivity index (χ3n) is 1.94. The van der Waals surface area contributed by atoms with Gasteiger partial charge in [0.1, 0.15) is 10.9 Å². The Balaban J connectivity index is 2.26. The molecule has 2 aromatic rings. The van der Waals surface area contributed by atoms with Crippen LogP contribution in [0.2, 0.25) is 0 Å². The van der Waals surface area contributed by atoms with E-state index >= 15 is 0 Å². The minimum Gasteiger partial charge on any atom is -0.309 e. The van der Waals surface area contributed by atoms with E-state index in [0.29, 0.717) is 10.2 Å². The third-order valence-corrected chi connectivity index (χ3v) is 2.91. The van der Waals surface area contributed by atoms with E-state index in [2.05, 4.69) is 15.2 Å². The molecule has 0 aliphatic heterocycles. The van der Waals surface area contributed by atoms with Crippen LogP contribution in [0.4, 0.5) is 4.39 Å². The van der Waals surface area contributed by atoms with Gasteiger partial charge in [-0.1, -0.05) is 6.07 Å². The molecule has 0 amide bonds. The number of halogens is 1. The summed E-state index contributed by atoms with van der Waals surface area (Å²) in [6.07, 6.45) is 0. The highest BCUT2D eigenvalue weighted by Gasteiger charge is 2.07. The van der Waals surface area contributed by atoms with Crippen molar-refractivity contribution < 1.29 is 4.39 Å². The van der Waals surface area contributed by atoms with Gasteiger partial charge in [-0.2, -0.15) is 4.39 Å². The van der Waals surface area contributed by atoms with Gasteiger partial charge < -0.3 is 4.57 Å². The summed E-state index contributed by atoms with van der Waals surface area (Å²) in [4.78, 5) is 3.73. The fraction of sp³-hybridized carbons (Fsp3) is 0.222. The van der Waals surface area contributed by atoms with Crippen LogP contribution in [0.25, 0.3) is 0 Å². The number of aromatic nitrogens is 4. The Labute approximate surface area is 90.6 Å². The number of pyridine rings is 1. The molecule has 0 bridgehead atoms. The molecule has 0 aliphatic rings. The molecule has 0 aromatic carbocycles. The summed E-state index contributed by atoms with van der Waals surface area (Å²) < 4.78 is 14.6. The smallest absolute Gasteiger partial charge is 0.213 e. The molecule has 4 nitrogen and oxygen atoms in total. The lowest BCUT2D eigenvalue weighted by atomic mass is 10.5. The maximum absolute atomic E-state index is 12.8. The Kier molecular flexibility index (Phi) is 2.68. The van der Waals surface area contributed by atoms with Crippen molar-refractivity contribution in [1.29, 1.82) is 0 Å². The number of aryl methyl sites for hydroxylation is 1. The maximum Gasteiger partial charge on any atom is 0.213 e. The molecular formula is C9H9FN4S. The average molecular weight is 224 g/mol. The molecule has 0 atom stereocenters. The highest BCUT2D eigenvalue weighted by Crippen LogP contribution is 2.23. The molecule has 6 heteroatoms. The molecule has 0 fully saturated rings. The normalized spacial score (nSPS) is 10.6. The zero-order valence-corrected chi connectivity index (χ0v) is 9.12. The maximum atomic E-state index is 12.8. The first kappa shape index (κ1) is 10.1. The summed E-state index contributed by atoms with van der Waals surface area (Å²) in [5.41, 5.74) is 0. The van der Waals surface area contributed by atoms with Gasteiger partial charge in [0.15, 0.2) is 5.16 Å². The Morgan fingerprint density at radius 1 is 1.33 bits per heavy atom. The van der Waals surface area contributed by atoms with E-state index in [0.717, 1.165) is 5.82 Å². The van der Waals surface area contributed by atoms with E-state index in [4.69, 9.17) is 0 Å². The van der Waals surface area contributed by atoms with Crippen LogP contribution in [0.15, 0.2) is 28.4 Å². The van der Waals surface area contributed by atoms with Crippen LogP contribution in [0.5, 0.6) is 0 Å². The third kappa shape index (κ3) is 2.15. The van der Waals surface area contributed by atoms with Crippen molar-refractivity contribution in [2.75, 3.05) is 0 Å². The van der Waals surface area contributed by atoms with E-state index in [-0.39, 0.29) is 0 Å². The number of nitrogens with zero attached hydrogens (tertiary/aromatic N) is 4. The predicted octanol–water partition coefficient (Wildman–Crippen LogP) is 1.81. The monoisotopic (exact) mass is 224 g/mol. The highest BCUT2D eigenvalue weighted by atomic mass is 32.2. The van der Waals surface area contributed by atoms with Gasteiger partial charge in [0.25, 0.3) is 0 Å². The molecule has 78 valence electrons. The Morgan fingerprint density at radius 3 is 2.73 bits per heavy atom. The van der Waals surface area contributed by atoms with Crippen LogP contribution < -0.4 is 0 Å². The Bertz CT molecular complexity index is 483. The van der Waals surface area contributed by atoms with Crippen molar-refractivity contribution in [2.45, 2.75) is 17.1 Å². The standard InChI is InChI=1S/C9H9FN4S/c1-6-12-13-9(14(6)2)15-8-5-3-4-7(10)11-8/h3-5H,1-2H3. The average Bonchev–Trinajstić information content (AvgIpc) is 2.50. The second kappa shape index (κ2) is 3.98. The second-order valence-electron chi connectivity index (χ2n) is 2.99. The molecule has 0 unspecified atom stereocenters. The summed E-state index contributed by atoms with van der Waals surface area (Å²) >= 11 is 1.29. The van der Waals surface area contributed by atoms with Gasteiger partial charge in [-0.05, 0) is 30.8 Å². The highest BCUT2D eigenvalue weighted by molar-refractivity contribution is 7.99. The first-order chi connectivity index (χ1) is 7.16. The molecule has 0 aliphatic carbocycles. The number of rotatable bonds is 2. The van der Waals surface area contributed by atoms with Crippen molar-refractivity contribution in [3.63, 3.8) is 0 Å². The van der Waals surface area contributed by atoms with E-state index in [1.54, 1.807) is 12.1 Å². The summed E-state index contributed by atoms with van der Waals surface area (Å²) in [6, 6.07) is 4.66. The minimum absolute atomic E-state index is 0.487. The van der Waals surface area contributed by atoms with Crippen LogP contribution in [0.1, 0.15) is 5.82 Å². The quantitative estimate of drug-likeness (QED) is 0.730. The fourth-order valence-electron chi connectivity index (χ4n) is 1.02. The van der Waals surface area contributed by atoms with Crippen molar-refractivity contribution in [1.82, 2.24) is 19.7 Å². The van der Waals surface area contributed by atoms with Gasteiger partial charge >= 0.3 is 0 Å². The van der Waals surface area contributed by atoms with Crippen molar-refractivity contribution in [3.8, 4) is 0 Å². The van der Waals surface area contributed by atoms with Gasteiger partial charge in [0, 0.05) is 7.05 Å². The molecule has 0 saturated heterocycles. The molecule has 15 heavy (non-hydrogen) atoms. The molecule has 0 N–H and O–H groups in total. The van der Waals surface area contributed by atoms with Crippen LogP contribution in [0, 0.1) is 12.9 Å². The summed E-state index contributed by atoms with van der Waals surface area (Å²) in [6.45, 7) is 1.86. The Hall–Kier alpha value is -1.43.